The number of carbonyl (C=O) groups excluding carboxylic acids is 1. The molecule has 0 atom stereocenters. The third-order valence-corrected chi connectivity index (χ3v) is 4.06. The van der Waals surface area contributed by atoms with Crippen LogP contribution >= 0.6 is 11.6 Å². The van der Waals surface area contributed by atoms with E-state index in [-0.39, 0.29) is 5.91 Å². The molecule has 1 N–H and O–H groups in total. The second kappa shape index (κ2) is 8.05. The normalized spacial score (nSPS) is 10.5. The first-order chi connectivity index (χ1) is 13.0. The molecule has 0 aliphatic heterocycles. The van der Waals surface area contributed by atoms with E-state index in [4.69, 9.17) is 21.1 Å². The molecule has 1 aromatic heterocycles. The zero-order valence-electron chi connectivity index (χ0n) is 15.1. The summed E-state index contributed by atoms with van der Waals surface area (Å²) in [6.07, 6.45) is 0. The van der Waals surface area contributed by atoms with Gasteiger partial charge in [0, 0.05) is 23.9 Å². The van der Waals surface area contributed by atoms with E-state index >= 15 is 0 Å². The van der Waals surface area contributed by atoms with E-state index in [0.717, 1.165) is 5.56 Å². The summed E-state index contributed by atoms with van der Waals surface area (Å²) in [5.41, 5.74) is 1.73. The topological polar surface area (TPSA) is 91.2 Å². The molecule has 27 heavy (non-hydrogen) atoms. The molecule has 0 saturated heterocycles. The maximum atomic E-state index is 12.7. The van der Waals surface area contributed by atoms with E-state index in [9.17, 15) is 4.79 Å². The summed E-state index contributed by atoms with van der Waals surface area (Å²) in [7, 11) is 3.24. The lowest BCUT2D eigenvalue weighted by Crippen LogP contribution is -2.12. The van der Waals surface area contributed by atoms with Gasteiger partial charge < -0.3 is 14.8 Å². The summed E-state index contributed by atoms with van der Waals surface area (Å²) in [5, 5.41) is 14.5. The molecule has 3 rings (SSSR count). The largest absolute Gasteiger partial charge is 0.493 e. The Morgan fingerprint density at radius 3 is 2.78 bits per heavy atom. The van der Waals surface area contributed by atoms with Crippen LogP contribution in [-0.4, -0.2) is 39.8 Å². The molecule has 3 aromatic rings. The first-order valence-electron chi connectivity index (χ1n) is 8.18. The van der Waals surface area contributed by atoms with Gasteiger partial charge in [0.2, 0.25) is 0 Å². The number of methoxy groups -OCH3 is 1. The first-order valence-corrected chi connectivity index (χ1v) is 8.55. The number of nitrogens with zero attached hydrogens (tertiary/aromatic N) is 4. The summed E-state index contributed by atoms with van der Waals surface area (Å²) < 4.78 is 12.3. The summed E-state index contributed by atoms with van der Waals surface area (Å²) in [6, 6.07) is 10.4. The molecule has 1 amide bonds. The number of rotatable bonds is 6. The van der Waals surface area contributed by atoms with Crippen LogP contribution in [0.2, 0.25) is 5.02 Å². The van der Waals surface area contributed by atoms with Gasteiger partial charge in [0.15, 0.2) is 17.3 Å². The Kier molecular flexibility index (Phi) is 5.56. The highest BCUT2D eigenvalue weighted by Crippen LogP contribution is 2.36. The molecule has 0 saturated carbocycles. The minimum atomic E-state index is -0.327. The van der Waals surface area contributed by atoms with Crippen LogP contribution in [0.1, 0.15) is 17.3 Å². The Hall–Kier alpha value is -3.13. The minimum Gasteiger partial charge on any atom is -0.493 e. The van der Waals surface area contributed by atoms with Crippen molar-refractivity contribution in [2.75, 3.05) is 19.0 Å². The van der Waals surface area contributed by atoms with E-state index in [1.165, 1.54) is 7.11 Å². The van der Waals surface area contributed by atoms with Gasteiger partial charge in [-0.3, -0.25) is 4.79 Å². The van der Waals surface area contributed by atoms with Gasteiger partial charge in [0.05, 0.1) is 18.7 Å². The zero-order chi connectivity index (χ0) is 19.4. The highest BCUT2D eigenvalue weighted by atomic mass is 35.5. The van der Waals surface area contributed by atoms with E-state index < -0.39 is 0 Å². The number of amides is 1. The fourth-order valence-corrected chi connectivity index (χ4v) is 2.81. The number of carbonyl (C=O) groups is 1. The zero-order valence-corrected chi connectivity index (χ0v) is 15.8. The van der Waals surface area contributed by atoms with Gasteiger partial charge >= 0.3 is 0 Å². The minimum absolute atomic E-state index is 0.306. The maximum absolute atomic E-state index is 12.7. The second-order valence-corrected chi connectivity index (χ2v) is 5.99. The van der Waals surface area contributed by atoms with E-state index in [0.29, 0.717) is 40.2 Å². The molecular weight excluding hydrogens is 370 g/mol. The molecule has 0 aliphatic rings. The van der Waals surface area contributed by atoms with Crippen LogP contribution < -0.4 is 14.8 Å². The lowest BCUT2D eigenvalue weighted by molar-refractivity contribution is 0.102. The second-order valence-electron chi connectivity index (χ2n) is 5.58. The van der Waals surface area contributed by atoms with Crippen LogP contribution in [0, 0.1) is 0 Å². The number of tetrazole rings is 1. The molecule has 9 heteroatoms. The average molecular weight is 388 g/mol. The van der Waals surface area contributed by atoms with Crippen LogP contribution in [0.25, 0.3) is 11.4 Å². The molecular formula is C18H18ClN5O3. The summed E-state index contributed by atoms with van der Waals surface area (Å²) in [4.78, 5) is 12.7. The lowest BCUT2D eigenvalue weighted by atomic mass is 10.1. The molecule has 0 aliphatic carbocycles. The van der Waals surface area contributed by atoms with Gasteiger partial charge in [0.25, 0.3) is 5.91 Å². The van der Waals surface area contributed by atoms with Crippen LogP contribution in [-0.2, 0) is 7.05 Å². The van der Waals surface area contributed by atoms with Crippen molar-refractivity contribution in [3.05, 3.63) is 47.0 Å². The molecule has 0 bridgehead atoms. The van der Waals surface area contributed by atoms with E-state index in [2.05, 4.69) is 20.8 Å². The third kappa shape index (κ3) is 4.01. The number of benzene rings is 2. The van der Waals surface area contributed by atoms with E-state index in [1.807, 2.05) is 19.1 Å². The molecule has 0 spiro atoms. The number of hydrogen-bond acceptors (Lipinski definition) is 6. The van der Waals surface area contributed by atoms with Crippen LogP contribution in [0.4, 0.5) is 5.69 Å². The Morgan fingerprint density at radius 1 is 1.30 bits per heavy atom. The first kappa shape index (κ1) is 18.7. The van der Waals surface area contributed by atoms with Gasteiger partial charge in [-0.25, -0.2) is 4.68 Å². The van der Waals surface area contributed by atoms with Crippen molar-refractivity contribution in [3.8, 4) is 22.9 Å². The van der Waals surface area contributed by atoms with Crippen LogP contribution in [0.15, 0.2) is 36.4 Å². The number of aryl methyl sites for hydroxylation is 1. The predicted octanol–water partition coefficient (Wildman–Crippen LogP) is 3.19. The summed E-state index contributed by atoms with van der Waals surface area (Å²) in [6.45, 7) is 2.28. The van der Waals surface area contributed by atoms with Crippen LogP contribution in [0.3, 0.4) is 0 Å². The van der Waals surface area contributed by atoms with Gasteiger partial charge in [-0.1, -0.05) is 23.7 Å². The van der Waals surface area contributed by atoms with Crippen molar-refractivity contribution in [2.24, 2.45) is 7.05 Å². The summed E-state index contributed by atoms with van der Waals surface area (Å²) >= 11 is 6.24. The van der Waals surface area contributed by atoms with Crippen molar-refractivity contribution in [1.29, 1.82) is 0 Å². The molecule has 1 heterocycles. The molecule has 140 valence electrons. The monoisotopic (exact) mass is 387 g/mol. The lowest BCUT2D eigenvalue weighted by Gasteiger charge is -2.13. The van der Waals surface area contributed by atoms with Crippen molar-refractivity contribution in [3.63, 3.8) is 0 Å². The fraction of sp³-hybridized carbons (Fsp3) is 0.222. The van der Waals surface area contributed by atoms with Crippen molar-refractivity contribution >= 4 is 23.2 Å². The predicted molar refractivity (Wildman–Crippen MR) is 101 cm³/mol. The van der Waals surface area contributed by atoms with Gasteiger partial charge in [-0.15, -0.1) is 5.10 Å². The number of ether oxygens (including phenoxy) is 2. The van der Waals surface area contributed by atoms with Gasteiger partial charge in [0.1, 0.15) is 0 Å². The highest BCUT2D eigenvalue weighted by Gasteiger charge is 2.16. The Balaban J connectivity index is 1.86. The fourth-order valence-electron chi connectivity index (χ4n) is 2.55. The SMILES string of the molecule is CCOc1c(Cl)cc(C(=O)Nc2cccc(-c3nnnn3C)c2)cc1OC. The number of nitrogens with one attached hydrogen (secondary N) is 1. The Bertz CT molecular complexity index is 973. The number of halogens is 1. The van der Waals surface area contributed by atoms with Gasteiger partial charge in [-0.2, -0.15) is 0 Å². The standard InChI is InChI=1S/C18H18ClN5O3/c1-4-27-16-14(19)9-12(10-15(16)26-3)18(25)20-13-7-5-6-11(8-13)17-21-22-23-24(17)2/h5-10H,4H2,1-3H3,(H,20,25). The van der Waals surface area contributed by atoms with Gasteiger partial charge in [-0.05, 0) is 41.6 Å². The Labute approximate surface area is 161 Å². The summed E-state index contributed by atoms with van der Waals surface area (Å²) in [5.74, 6) is 1.08. The number of aromatic nitrogens is 4. The quantitative estimate of drug-likeness (QED) is 0.698. The smallest absolute Gasteiger partial charge is 0.255 e. The maximum Gasteiger partial charge on any atom is 0.255 e. The average Bonchev–Trinajstić information content (AvgIpc) is 3.09. The Morgan fingerprint density at radius 2 is 2.11 bits per heavy atom. The van der Waals surface area contributed by atoms with E-state index in [1.54, 1.807) is 36.0 Å². The van der Waals surface area contributed by atoms with Crippen LogP contribution in [0.5, 0.6) is 11.5 Å². The van der Waals surface area contributed by atoms with Crippen molar-refractivity contribution in [1.82, 2.24) is 20.2 Å². The number of hydrogen-bond donors (Lipinski definition) is 1. The molecule has 2 aromatic carbocycles. The third-order valence-electron chi connectivity index (χ3n) is 3.78. The number of anilines is 1. The van der Waals surface area contributed by atoms with Crippen molar-refractivity contribution < 1.29 is 14.3 Å². The molecule has 0 unspecified atom stereocenters. The molecule has 0 radical (unpaired) electrons. The molecule has 0 fully saturated rings. The molecule has 8 nitrogen and oxygen atoms in total. The highest BCUT2D eigenvalue weighted by molar-refractivity contribution is 6.32. The van der Waals surface area contributed by atoms with Crippen molar-refractivity contribution in [2.45, 2.75) is 6.92 Å².